The molecular formula is C15H23NO4. The van der Waals surface area contributed by atoms with E-state index in [1.165, 1.54) is 12.8 Å². The van der Waals surface area contributed by atoms with Crippen LogP contribution in [0.3, 0.4) is 0 Å². The minimum atomic E-state index is -0.909. The maximum absolute atomic E-state index is 12.7. The lowest BCUT2D eigenvalue weighted by Crippen LogP contribution is -2.47. The number of rotatable bonds is 4. The van der Waals surface area contributed by atoms with Gasteiger partial charge >= 0.3 is 5.97 Å². The van der Waals surface area contributed by atoms with Gasteiger partial charge in [0.25, 0.3) is 0 Å². The van der Waals surface area contributed by atoms with Crippen molar-refractivity contribution in [2.75, 3.05) is 19.8 Å². The fourth-order valence-corrected chi connectivity index (χ4v) is 4.08. The summed E-state index contributed by atoms with van der Waals surface area (Å²) in [4.78, 5) is 25.5. The summed E-state index contributed by atoms with van der Waals surface area (Å²) in [5, 5.41) is 9.10. The number of hydrogen-bond donors (Lipinski definition) is 1. The van der Waals surface area contributed by atoms with Crippen LogP contribution in [0, 0.1) is 17.8 Å². The number of carboxylic acids is 1. The van der Waals surface area contributed by atoms with Gasteiger partial charge in [0.05, 0.1) is 0 Å². The van der Waals surface area contributed by atoms with E-state index in [2.05, 4.69) is 0 Å². The highest BCUT2D eigenvalue weighted by Crippen LogP contribution is 2.56. The lowest BCUT2D eigenvalue weighted by Gasteiger charge is -2.33. The Labute approximate surface area is 119 Å². The lowest BCUT2D eigenvalue weighted by atomic mass is 10.0. The molecule has 2 unspecified atom stereocenters. The van der Waals surface area contributed by atoms with Crippen molar-refractivity contribution in [3.63, 3.8) is 0 Å². The van der Waals surface area contributed by atoms with E-state index in [-0.39, 0.29) is 24.4 Å². The molecule has 2 saturated carbocycles. The van der Waals surface area contributed by atoms with Gasteiger partial charge in [-0.05, 0) is 37.5 Å². The van der Waals surface area contributed by atoms with Gasteiger partial charge in [-0.3, -0.25) is 9.59 Å². The van der Waals surface area contributed by atoms with Crippen molar-refractivity contribution in [3.05, 3.63) is 0 Å². The molecule has 1 aliphatic heterocycles. The Balaban J connectivity index is 1.68. The lowest BCUT2D eigenvalue weighted by molar-refractivity contribution is -0.148. The number of aliphatic carboxylic acids is 1. The van der Waals surface area contributed by atoms with Crippen molar-refractivity contribution < 1.29 is 19.4 Å². The third-order valence-electron chi connectivity index (χ3n) is 5.16. The summed E-state index contributed by atoms with van der Waals surface area (Å²) < 4.78 is 5.32. The maximum Gasteiger partial charge on any atom is 0.323 e. The molecule has 3 fully saturated rings. The molecule has 3 aliphatic rings. The Morgan fingerprint density at radius 1 is 1.05 bits per heavy atom. The van der Waals surface area contributed by atoms with Crippen LogP contribution in [-0.4, -0.2) is 47.7 Å². The van der Waals surface area contributed by atoms with Crippen molar-refractivity contribution in [2.24, 2.45) is 17.8 Å². The van der Waals surface area contributed by atoms with Crippen LogP contribution in [0.5, 0.6) is 0 Å². The van der Waals surface area contributed by atoms with Crippen molar-refractivity contribution in [1.29, 1.82) is 0 Å². The van der Waals surface area contributed by atoms with E-state index >= 15 is 0 Å². The Morgan fingerprint density at radius 2 is 1.65 bits per heavy atom. The summed E-state index contributed by atoms with van der Waals surface area (Å²) in [5.41, 5.74) is 0. The average Bonchev–Trinajstić information content (AvgIpc) is 3.19. The van der Waals surface area contributed by atoms with Crippen molar-refractivity contribution in [1.82, 2.24) is 4.90 Å². The van der Waals surface area contributed by atoms with Crippen molar-refractivity contribution >= 4 is 11.9 Å². The molecule has 0 radical (unpaired) electrons. The average molecular weight is 281 g/mol. The number of hydrogen-bond acceptors (Lipinski definition) is 3. The standard InChI is InChI=1S/C15H23NO4/c17-13(18)9-16(10-5-7-20-8-6-10)15(19)14-11-3-1-2-4-12(11)14/h10-12,14H,1-9H2,(H,17,18). The quantitative estimate of drug-likeness (QED) is 0.848. The molecule has 5 heteroatoms. The van der Waals surface area contributed by atoms with Gasteiger partial charge in [-0.1, -0.05) is 12.8 Å². The highest BCUT2D eigenvalue weighted by atomic mass is 16.5. The topological polar surface area (TPSA) is 66.8 Å². The number of fused-ring (bicyclic) bond motifs is 1. The zero-order chi connectivity index (χ0) is 14.1. The van der Waals surface area contributed by atoms with Crippen LogP contribution in [0.25, 0.3) is 0 Å². The fraction of sp³-hybridized carbons (Fsp3) is 0.867. The molecule has 1 amide bonds. The summed E-state index contributed by atoms with van der Waals surface area (Å²) in [6, 6.07) is 0.0509. The molecule has 1 saturated heterocycles. The van der Waals surface area contributed by atoms with E-state index in [4.69, 9.17) is 9.84 Å². The Hall–Kier alpha value is -1.10. The molecule has 112 valence electrons. The molecule has 1 N–H and O–H groups in total. The minimum Gasteiger partial charge on any atom is -0.480 e. The second-order valence-corrected chi connectivity index (χ2v) is 6.34. The van der Waals surface area contributed by atoms with Crippen molar-refractivity contribution in [2.45, 2.75) is 44.6 Å². The molecule has 1 heterocycles. The highest BCUT2D eigenvalue weighted by molar-refractivity contribution is 5.86. The fourth-order valence-electron chi connectivity index (χ4n) is 4.08. The summed E-state index contributed by atoms with van der Waals surface area (Å²) in [7, 11) is 0. The van der Waals surface area contributed by atoms with E-state index in [1.807, 2.05) is 0 Å². The predicted octanol–water partition coefficient (Wildman–Crippen LogP) is 1.51. The first-order valence-electron chi connectivity index (χ1n) is 7.78. The molecule has 2 atom stereocenters. The summed E-state index contributed by atoms with van der Waals surface area (Å²) in [6.07, 6.45) is 6.27. The first kappa shape index (κ1) is 13.9. The molecule has 3 rings (SSSR count). The molecule has 20 heavy (non-hydrogen) atoms. The van der Waals surface area contributed by atoms with E-state index in [0.29, 0.717) is 25.0 Å². The van der Waals surface area contributed by atoms with Crippen LogP contribution >= 0.6 is 0 Å². The highest BCUT2D eigenvalue weighted by Gasteiger charge is 2.56. The third-order valence-corrected chi connectivity index (χ3v) is 5.16. The maximum atomic E-state index is 12.7. The van der Waals surface area contributed by atoms with Crippen LogP contribution in [0.4, 0.5) is 0 Å². The van der Waals surface area contributed by atoms with Crippen LogP contribution in [0.1, 0.15) is 38.5 Å². The Kier molecular flexibility index (Phi) is 3.96. The van der Waals surface area contributed by atoms with Gasteiger partial charge < -0.3 is 14.7 Å². The molecule has 0 aromatic rings. The minimum absolute atomic E-state index is 0.0509. The third kappa shape index (κ3) is 2.68. The SMILES string of the molecule is O=C(O)CN(C(=O)C1C2CCCCC21)C1CCOCC1. The zero-order valence-electron chi connectivity index (χ0n) is 11.8. The Morgan fingerprint density at radius 3 is 2.20 bits per heavy atom. The summed E-state index contributed by atoms with van der Waals surface area (Å²) in [6.45, 7) is 1.11. The number of carbonyl (C=O) groups is 2. The van der Waals surface area contributed by atoms with E-state index in [9.17, 15) is 9.59 Å². The molecule has 0 bridgehead atoms. The second-order valence-electron chi connectivity index (χ2n) is 6.34. The van der Waals surface area contributed by atoms with Gasteiger partial charge in [0, 0.05) is 25.2 Å². The van der Waals surface area contributed by atoms with E-state index in [1.54, 1.807) is 4.90 Å². The molecule has 0 aromatic heterocycles. The van der Waals surface area contributed by atoms with Crippen molar-refractivity contribution in [3.8, 4) is 0 Å². The van der Waals surface area contributed by atoms with Crippen LogP contribution in [0.15, 0.2) is 0 Å². The van der Waals surface area contributed by atoms with E-state index < -0.39 is 5.97 Å². The molecular weight excluding hydrogens is 258 g/mol. The predicted molar refractivity (Wildman–Crippen MR) is 72.1 cm³/mol. The smallest absolute Gasteiger partial charge is 0.323 e. The van der Waals surface area contributed by atoms with E-state index in [0.717, 1.165) is 25.7 Å². The number of ether oxygens (including phenoxy) is 1. The summed E-state index contributed by atoms with van der Waals surface area (Å²) in [5.74, 6) is 0.365. The number of carbonyl (C=O) groups excluding carboxylic acids is 1. The van der Waals surface area contributed by atoms with Gasteiger partial charge in [0.1, 0.15) is 6.54 Å². The van der Waals surface area contributed by atoms with Gasteiger partial charge in [0.15, 0.2) is 0 Å². The summed E-state index contributed by atoms with van der Waals surface area (Å²) >= 11 is 0. The molecule has 0 spiro atoms. The number of amides is 1. The monoisotopic (exact) mass is 281 g/mol. The first-order valence-corrected chi connectivity index (χ1v) is 7.78. The molecule has 0 aromatic carbocycles. The van der Waals surface area contributed by atoms with Crippen LogP contribution in [0.2, 0.25) is 0 Å². The van der Waals surface area contributed by atoms with Gasteiger partial charge in [-0.2, -0.15) is 0 Å². The van der Waals surface area contributed by atoms with Gasteiger partial charge in [0.2, 0.25) is 5.91 Å². The molecule has 2 aliphatic carbocycles. The van der Waals surface area contributed by atoms with Crippen LogP contribution < -0.4 is 0 Å². The largest absolute Gasteiger partial charge is 0.480 e. The number of carboxylic acid groups (broad SMARTS) is 1. The first-order chi connectivity index (χ1) is 9.68. The van der Waals surface area contributed by atoms with Crippen LogP contribution in [-0.2, 0) is 14.3 Å². The van der Waals surface area contributed by atoms with Gasteiger partial charge in [-0.15, -0.1) is 0 Å². The molecule has 5 nitrogen and oxygen atoms in total. The zero-order valence-corrected chi connectivity index (χ0v) is 11.8. The number of nitrogens with zero attached hydrogens (tertiary/aromatic N) is 1. The second kappa shape index (κ2) is 5.72. The normalized spacial score (nSPS) is 33.3. The van der Waals surface area contributed by atoms with Gasteiger partial charge in [-0.25, -0.2) is 0 Å². The Bertz CT molecular complexity index is 379.